The van der Waals surface area contributed by atoms with Crippen molar-refractivity contribution in [3.63, 3.8) is 0 Å². The number of hydrogen-bond acceptors (Lipinski definition) is 4. The number of benzene rings is 2. The van der Waals surface area contributed by atoms with Gasteiger partial charge in [-0.1, -0.05) is 62.2 Å². The fourth-order valence-electron chi connectivity index (χ4n) is 3.76. The third-order valence-corrected chi connectivity index (χ3v) is 6.44. The zero-order chi connectivity index (χ0) is 22.4. The molecule has 1 heterocycles. The van der Waals surface area contributed by atoms with Gasteiger partial charge in [0.2, 0.25) is 5.91 Å². The lowest BCUT2D eigenvalue weighted by Gasteiger charge is -2.25. The van der Waals surface area contributed by atoms with E-state index in [1.54, 1.807) is 6.07 Å². The second kappa shape index (κ2) is 10.2. The first kappa shape index (κ1) is 23.2. The maximum absolute atomic E-state index is 13.0. The average molecular weight is 460 g/mol. The highest BCUT2D eigenvalue weighted by atomic mass is 35.5. The van der Waals surface area contributed by atoms with Crippen molar-refractivity contribution in [2.45, 2.75) is 54.9 Å². The summed E-state index contributed by atoms with van der Waals surface area (Å²) in [7, 11) is 0. The molecule has 0 unspecified atom stereocenters. The van der Waals surface area contributed by atoms with E-state index in [1.807, 2.05) is 56.3 Å². The van der Waals surface area contributed by atoms with E-state index >= 15 is 0 Å². The van der Waals surface area contributed by atoms with Gasteiger partial charge in [-0.25, -0.2) is 4.79 Å². The fourth-order valence-corrected chi connectivity index (χ4v) is 4.79. The van der Waals surface area contributed by atoms with E-state index in [2.05, 4.69) is 10.6 Å². The van der Waals surface area contributed by atoms with E-state index < -0.39 is 17.5 Å². The van der Waals surface area contributed by atoms with Gasteiger partial charge in [0.25, 0.3) is 5.91 Å². The molecule has 4 amide bonds. The molecule has 31 heavy (non-hydrogen) atoms. The minimum absolute atomic E-state index is 0.319. The number of imide groups is 1. The Bertz CT molecular complexity index is 959. The molecule has 1 fully saturated rings. The molecule has 8 heteroatoms. The lowest BCUT2D eigenvalue weighted by molar-refractivity contribution is -0.134. The van der Waals surface area contributed by atoms with Crippen LogP contribution in [0.1, 0.15) is 39.5 Å². The fraction of sp³-hybridized carbons (Fsp3) is 0.348. The zero-order valence-electron chi connectivity index (χ0n) is 17.6. The Morgan fingerprint density at radius 2 is 1.71 bits per heavy atom. The average Bonchev–Trinajstić information content (AvgIpc) is 2.96. The highest BCUT2D eigenvalue weighted by molar-refractivity contribution is 7.99. The van der Waals surface area contributed by atoms with Gasteiger partial charge in [0, 0.05) is 14.8 Å². The van der Waals surface area contributed by atoms with Crippen LogP contribution in [0.4, 0.5) is 10.5 Å². The smallest absolute Gasteiger partial charge is 0.323 e. The van der Waals surface area contributed by atoms with Crippen LogP contribution in [0.5, 0.6) is 0 Å². The maximum atomic E-state index is 13.0. The lowest BCUT2D eigenvalue weighted by atomic mass is 9.88. The SMILES string of the molecule is CCCC1(CCC)NC(=O)N(CC(=O)Nc2ccccc2Sc2ccc(Cl)cc2)C1=O. The number of nitrogens with zero attached hydrogens (tertiary/aromatic N) is 1. The number of carbonyl (C=O) groups excluding carboxylic acids is 3. The van der Waals surface area contributed by atoms with Gasteiger partial charge in [-0.3, -0.25) is 14.5 Å². The molecule has 1 saturated heterocycles. The first-order valence-electron chi connectivity index (χ1n) is 10.3. The summed E-state index contributed by atoms with van der Waals surface area (Å²) >= 11 is 7.44. The Kier molecular flexibility index (Phi) is 7.62. The van der Waals surface area contributed by atoms with Crippen LogP contribution in [0.25, 0.3) is 0 Å². The van der Waals surface area contributed by atoms with E-state index in [9.17, 15) is 14.4 Å². The third kappa shape index (κ3) is 5.40. The summed E-state index contributed by atoms with van der Waals surface area (Å²) < 4.78 is 0. The molecular formula is C23H26ClN3O3S. The molecule has 0 aliphatic carbocycles. The Hall–Kier alpha value is -2.51. The normalized spacial score (nSPS) is 15.1. The van der Waals surface area contributed by atoms with Crippen LogP contribution in [-0.4, -0.2) is 34.8 Å². The number of urea groups is 1. The predicted octanol–water partition coefficient (Wildman–Crippen LogP) is 5.32. The molecule has 2 aromatic rings. The van der Waals surface area contributed by atoms with Gasteiger partial charge in [-0.2, -0.15) is 0 Å². The topological polar surface area (TPSA) is 78.5 Å². The molecule has 0 radical (unpaired) electrons. The number of para-hydroxylation sites is 1. The van der Waals surface area contributed by atoms with Crippen LogP contribution >= 0.6 is 23.4 Å². The van der Waals surface area contributed by atoms with Crippen LogP contribution in [0.15, 0.2) is 58.3 Å². The number of amides is 4. The molecule has 0 aromatic heterocycles. The summed E-state index contributed by atoms with van der Waals surface area (Å²) in [5, 5.41) is 6.33. The molecule has 1 aliphatic rings. The number of rotatable bonds is 9. The Labute approximate surface area is 191 Å². The van der Waals surface area contributed by atoms with Crippen molar-refractivity contribution in [1.82, 2.24) is 10.2 Å². The standard InChI is InChI=1S/C23H26ClN3O3S/c1-3-13-23(14-4-2)21(29)27(22(30)26-23)15-20(28)25-18-7-5-6-8-19(18)31-17-11-9-16(24)10-12-17/h5-12H,3-4,13-15H2,1-2H3,(H,25,28)(H,26,30). The van der Waals surface area contributed by atoms with Gasteiger partial charge in [0.1, 0.15) is 12.1 Å². The summed E-state index contributed by atoms with van der Waals surface area (Å²) in [5.74, 6) is -0.739. The Morgan fingerprint density at radius 3 is 2.35 bits per heavy atom. The molecule has 0 atom stereocenters. The summed E-state index contributed by atoms with van der Waals surface area (Å²) in [5.41, 5.74) is -0.281. The lowest BCUT2D eigenvalue weighted by Crippen LogP contribution is -2.47. The van der Waals surface area contributed by atoms with Crippen molar-refractivity contribution < 1.29 is 14.4 Å². The van der Waals surface area contributed by atoms with Crippen molar-refractivity contribution in [1.29, 1.82) is 0 Å². The molecule has 2 N–H and O–H groups in total. The Morgan fingerprint density at radius 1 is 1.06 bits per heavy atom. The largest absolute Gasteiger partial charge is 0.325 e. The molecule has 0 spiro atoms. The monoisotopic (exact) mass is 459 g/mol. The summed E-state index contributed by atoms with van der Waals surface area (Å²) in [6.07, 6.45) is 2.65. The number of anilines is 1. The predicted molar refractivity (Wildman–Crippen MR) is 123 cm³/mol. The van der Waals surface area contributed by atoms with Crippen molar-refractivity contribution in [3.8, 4) is 0 Å². The van der Waals surface area contributed by atoms with Gasteiger partial charge in [0.15, 0.2) is 0 Å². The van der Waals surface area contributed by atoms with Crippen molar-refractivity contribution in [3.05, 3.63) is 53.6 Å². The molecule has 0 bridgehead atoms. The van der Waals surface area contributed by atoms with E-state index in [0.717, 1.165) is 27.5 Å². The van der Waals surface area contributed by atoms with E-state index in [-0.39, 0.29) is 12.5 Å². The maximum Gasteiger partial charge on any atom is 0.325 e. The van der Waals surface area contributed by atoms with Gasteiger partial charge >= 0.3 is 6.03 Å². The minimum atomic E-state index is -0.900. The Balaban J connectivity index is 1.70. The molecule has 1 aliphatic heterocycles. The molecule has 2 aromatic carbocycles. The number of carbonyl (C=O) groups is 3. The van der Waals surface area contributed by atoms with Crippen molar-refractivity contribution >= 4 is 46.9 Å². The first-order valence-corrected chi connectivity index (χ1v) is 11.5. The number of nitrogens with one attached hydrogen (secondary N) is 2. The zero-order valence-corrected chi connectivity index (χ0v) is 19.2. The van der Waals surface area contributed by atoms with Crippen molar-refractivity contribution in [2.75, 3.05) is 11.9 Å². The van der Waals surface area contributed by atoms with Gasteiger partial charge in [0.05, 0.1) is 5.69 Å². The highest BCUT2D eigenvalue weighted by Crippen LogP contribution is 2.34. The number of halogens is 1. The minimum Gasteiger partial charge on any atom is -0.323 e. The molecular weight excluding hydrogens is 434 g/mol. The van der Waals surface area contributed by atoms with Crippen LogP contribution in [0, 0.1) is 0 Å². The second-order valence-corrected chi connectivity index (χ2v) is 9.06. The van der Waals surface area contributed by atoms with Crippen LogP contribution in [0.3, 0.4) is 0 Å². The molecule has 0 saturated carbocycles. The third-order valence-electron chi connectivity index (χ3n) is 5.10. The second-order valence-electron chi connectivity index (χ2n) is 7.50. The molecule has 3 rings (SSSR count). The highest BCUT2D eigenvalue weighted by Gasteiger charge is 2.50. The van der Waals surface area contributed by atoms with Crippen LogP contribution < -0.4 is 10.6 Å². The van der Waals surface area contributed by atoms with Crippen LogP contribution in [0.2, 0.25) is 5.02 Å². The molecule has 6 nitrogen and oxygen atoms in total. The van der Waals surface area contributed by atoms with Gasteiger partial charge < -0.3 is 10.6 Å². The van der Waals surface area contributed by atoms with E-state index in [0.29, 0.717) is 23.6 Å². The van der Waals surface area contributed by atoms with Crippen LogP contribution in [-0.2, 0) is 9.59 Å². The van der Waals surface area contributed by atoms with E-state index in [1.165, 1.54) is 11.8 Å². The van der Waals surface area contributed by atoms with Gasteiger partial charge in [-0.05, 0) is 49.2 Å². The quantitative estimate of drug-likeness (QED) is 0.497. The molecule has 164 valence electrons. The van der Waals surface area contributed by atoms with Crippen molar-refractivity contribution in [2.24, 2.45) is 0 Å². The summed E-state index contributed by atoms with van der Waals surface area (Å²) in [6, 6.07) is 14.3. The number of hydrogen-bond donors (Lipinski definition) is 2. The summed E-state index contributed by atoms with van der Waals surface area (Å²) in [4.78, 5) is 41.0. The first-order chi connectivity index (χ1) is 14.9. The van der Waals surface area contributed by atoms with E-state index in [4.69, 9.17) is 11.6 Å². The van der Waals surface area contributed by atoms with Gasteiger partial charge in [-0.15, -0.1) is 0 Å². The summed E-state index contributed by atoms with van der Waals surface area (Å²) in [6.45, 7) is 3.63.